The fourth-order valence-electron chi connectivity index (χ4n) is 3.20. The van der Waals surface area contributed by atoms with Crippen molar-refractivity contribution in [2.75, 3.05) is 6.61 Å². The van der Waals surface area contributed by atoms with Crippen molar-refractivity contribution in [3.8, 4) is 0 Å². The number of aliphatic hydroxyl groups is 1. The first-order valence-corrected chi connectivity index (χ1v) is 7.76. The number of nitrogens with zero attached hydrogens (tertiary/aromatic N) is 4. The maximum Gasteiger partial charge on any atom is 0.167 e. The molecule has 2 aromatic rings. The molecule has 0 radical (unpaired) electrons. The molecule has 1 N–H and O–H groups in total. The van der Waals surface area contributed by atoms with Gasteiger partial charge in [-0.1, -0.05) is 11.6 Å². The average Bonchev–Trinajstić information content (AvgIpc) is 3.09. The fraction of sp³-hybridized carbons (Fsp3) is 0.643. The van der Waals surface area contributed by atoms with Crippen LogP contribution in [0.1, 0.15) is 25.9 Å². The van der Waals surface area contributed by atoms with E-state index < -0.39 is 18.1 Å². The lowest BCUT2D eigenvalue weighted by atomic mass is 10.1. The van der Waals surface area contributed by atoms with Gasteiger partial charge in [-0.15, -0.1) is 0 Å². The molecule has 0 aliphatic carbocycles. The minimum Gasteiger partial charge on any atom is -0.394 e. The molecule has 0 aromatic carbocycles. The largest absolute Gasteiger partial charge is 0.394 e. The van der Waals surface area contributed by atoms with Crippen LogP contribution in [0.4, 0.5) is 0 Å². The summed E-state index contributed by atoms with van der Waals surface area (Å²) in [7, 11) is 0. The van der Waals surface area contributed by atoms with Crippen LogP contribution in [0.3, 0.4) is 0 Å². The van der Waals surface area contributed by atoms with Gasteiger partial charge in [-0.05, 0) is 20.8 Å². The molecule has 0 spiro atoms. The van der Waals surface area contributed by atoms with Crippen molar-refractivity contribution in [1.29, 1.82) is 0 Å². The molecule has 0 saturated carbocycles. The molecule has 2 aliphatic rings. The molecule has 8 nitrogen and oxygen atoms in total. The zero-order valence-electron chi connectivity index (χ0n) is 12.9. The van der Waals surface area contributed by atoms with Crippen molar-refractivity contribution >= 4 is 22.8 Å². The molecule has 23 heavy (non-hydrogen) atoms. The van der Waals surface area contributed by atoms with Crippen LogP contribution in [0.5, 0.6) is 0 Å². The first kappa shape index (κ1) is 15.2. The van der Waals surface area contributed by atoms with E-state index in [1.54, 1.807) is 17.8 Å². The van der Waals surface area contributed by atoms with E-state index in [-0.39, 0.29) is 18.8 Å². The molecule has 4 heterocycles. The molecular weight excluding hydrogens is 324 g/mol. The van der Waals surface area contributed by atoms with Gasteiger partial charge in [-0.3, -0.25) is 4.57 Å². The third-order valence-corrected chi connectivity index (χ3v) is 4.33. The van der Waals surface area contributed by atoms with Crippen LogP contribution < -0.4 is 0 Å². The van der Waals surface area contributed by atoms with Gasteiger partial charge in [-0.2, -0.15) is 0 Å². The van der Waals surface area contributed by atoms with E-state index in [0.717, 1.165) is 0 Å². The Morgan fingerprint density at radius 3 is 2.78 bits per heavy atom. The van der Waals surface area contributed by atoms with Crippen LogP contribution in [0.2, 0.25) is 5.15 Å². The number of aliphatic hydroxyl groups excluding tert-OH is 1. The summed E-state index contributed by atoms with van der Waals surface area (Å²) in [4.78, 5) is 12.8. The second kappa shape index (κ2) is 5.09. The Hall–Kier alpha value is -1.32. The number of halogens is 1. The molecule has 2 aromatic heterocycles. The Morgan fingerprint density at radius 1 is 1.30 bits per heavy atom. The van der Waals surface area contributed by atoms with Gasteiger partial charge in [0.2, 0.25) is 0 Å². The van der Waals surface area contributed by atoms with E-state index in [9.17, 15) is 5.11 Å². The highest BCUT2D eigenvalue weighted by Crippen LogP contribution is 2.43. The SMILES string of the molecule is Cc1nc(Cl)c2ncn([C@@H]3O[C@H](CO)[C@H]4OC(C)(C)O[C@H]43)c2n1. The molecule has 0 bridgehead atoms. The summed E-state index contributed by atoms with van der Waals surface area (Å²) in [6.45, 7) is 5.28. The van der Waals surface area contributed by atoms with Crippen LogP contribution in [0, 0.1) is 6.92 Å². The summed E-state index contributed by atoms with van der Waals surface area (Å²) in [6, 6.07) is 0. The average molecular weight is 341 g/mol. The molecule has 4 atom stereocenters. The van der Waals surface area contributed by atoms with Gasteiger partial charge in [0.25, 0.3) is 0 Å². The van der Waals surface area contributed by atoms with E-state index in [4.69, 9.17) is 25.8 Å². The molecule has 2 fully saturated rings. The Balaban J connectivity index is 1.79. The van der Waals surface area contributed by atoms with Crippen molar-refractivity contribution in [2.45, 2.75) is 51.1 Å². The lowest BCUT2D eigenvalue weighted by Gasteiger charge is -2.24. The first-order chi connectivity index (χ1) is 10.9. The molecule has 0 amide bonds. The number of imidazole rings is 1. The van der Waals surface area contributed by atoms with Crippen LogP contribution in [-0.2, 0) is 14.2 Å². The summed E-state index contributed by atoms with van der Waals surface area (Å²) in [5, 5.41) is 9.86. The molecule has 124 valence electrons. The van der Waals surface area contributed by atoms with Gasteiger partial charge in [0.15, 0.2) is 22.8 Å². The van der Waals surface area contributed by atoms with Crippen LogP contribution in [0.25, 0.3) is 11.2 Å². The maximum absolute atomic E-state index is 9.57. The molecule has 2 aliphatic heterocycles. The number of rotatable bonds is 2. The highest BCUT2D eigenvalue weighted by Gasteiger charge is 2.55. The fourth-order valence-corrected chi connectivity index (χ4v) is 3.46. The predicted molar refractivity (Wildman–Crippen MR) is 79.9 cm³/mol. The van der Waals surface area contributed by atoms with Gasteiger partial charge < -0.3 is 19.3 Å². The zero-order chi connectivity index (χ0) is 16.4. The highest BCUT2D eigenvalue weighted by molar-refractivity contribution is 6.33. The second-order valence-electron chi connectivity index (χ2n) is 6.20. The third kappa shape index (κ3) is 2.33. The minimum absolute atomic E-state index is 0.154. The highest BCUT2D eigenvalue weighted by atomic mass is 35.5. The topological polar surface area (TPSA) is 91.5 Å². The quantitative estimate of drug-likeness (QED) is 0.821. The van der Waals surface area contributed by atoms with Crippen molar-refractivity contribution in [3.63, 3.8) is 0 Å². The van der Waals surface area contributed by atoms with Gasteiger partial charge in [-0.25, -0.2) is 15.0 Å². The van der Waals surface area contributed by atoms with Crippen LogP contribution in [0.15, 0.2) is 6.33 Å². The number of hydrogen-bond donors (Lipinski definition) is 1. The van der Waals surface area contributed by atoms with Crippen molar-refractivity contribution in [2.24, 2.45) is 0 Å². The van der Waals surface area contributed by atoms with E-state index in [2.05, 4.69) is 15.0 Å². The smallest absolute Gasteiger partial charge is 0.167 e. The van der Waals surface area contributed by atoms with E-state index in [1.807, 2.05) is 13.8 Å². The standard InChI is InChI=1S/C14H17ClN4O4/c1-6-17-11(15)8-12(18-6)19(5-16-8)13-10-9(7(4-20)21-13)22-14(2,3)23-10/h5,7,9-10,13,20H,4H2,1-3H3/t7-,9-,10-,13-/m1/s1. The van der Waals surface area contributed by atoms with Crippen molar-refractivity contribution < 1.29 is 19.3 Å². The molecule has 2 saturated heterocycles. The van der Waals surface area contributed by atoms with Crippen LogP contribution in [-0.4, -0.2) is 55.3 Å². The van der Waals surface area contributed by atoms with Gasteiger partial charge in [0, 0.05) is 0 Å². The van der Waals surface area contributed by atoms with Gasteiger partial charge in [0.05, 0.1) is 12.9 Å². The van der Waals surface area contributed by atoms with Gasteiger partial charge >= 0.3 is 0 Å². The second-order valence-corrected chi connectivity index (χ2v) is 6.56. The van der Waals surface area contributed by atoms with E-state index in [1.165, 1.54) is 0 Å². The number of fused-ring (bicyclic) bond motifs is 2. The Bertz CT molecular complexity index is 765. The zero-order valence-corrected chi connectivity index (χ0v) is 13.7. The third-order valence-electron chi connectivity index (χ3n) is 4.07. The maximum atomic E-state index is 9.57. The first-order valence-electron chi connectivity index (χ1n) is 7.38. The summed E-state index contributed by atoms with van der Waals surface area (Å²) < 4.78 is 19.5. The summed E-state index contributed by atoms with van der Waals surface area (Å²) in [5.74, 6) is -0.189. The lowest BCUT2D eigenvalue weighted by molar-refractivity contribution is -0.199. The van der Waals surface area contributed by atoms with Crippen LogP contribution >= 0.6 is 11.6 Å². The predicted octanol–water partition coefficient (Wildman–Crippen LogP) is 1.20. The van der Waals surface area contributed by atoms with Gasteiger partial charge in [0.1, 0.15) is 29.7 Å². The van der Waals surface area contributed by atoms with Crippen molar-refractivity contribution in [1.82, 2.24) is 19.5 Å². The van der Waals surface area contributed by atoms with E-state index in [0.29, 0.717) is 22.1 Å². The minimum atomic E-state index is -0.732. The number of aryl methyl sites for hydroxylation is 1. The Kier molecular flexibility index (Phi) is 3.37. The molecule has 4 rings (SSSR count). The summed E-state index contributed by atoms with van der Waals surface area (Å²) in [6.07, 6.45) is -0.0951. The summed E-state index contributed by atoms with van der Waals surface area (Å²) in [5.41, 5.74) is 1.07. The monoisotopic (exact) mass is 340 g/mol. The normalized spacial score (nSPS) is 32.6. The number of aromatic nitrogens is 4. The molecule has 9 heteroatoms. The number of hydrogen-bond acceptors (Lipinski definition) is 7. The lowest BCUT2D eigenvalue weighted by Crippen LogP contribution is -2.31. The summed E-state index contributed by atoms with van der Waals surface area (Å²) >= 11 is 6.13. The van der Waals surface area contributed by atoms with E-state index >= 15 is 0 Å². The number of ether oxygens (including phenoxy) is 3. The Morgan fingerprint density at radius 2 is 2.04 bits per heavy atom. The molecule has 0 unspecified atom stereocenters. The van der Waals surface area contributed by atoms with Crippen molar-refractivity contribution in [3.05, 3.63) is 17.3 Å². The Labute approximate surface area is 137 Å². The molecular formula is C14H17ClN4O4.